The molecule has 0 atom stereocenters. The van der Waals surface area contributed by atoms with Gasteiger partial charge in [0.15, 0.2) is 0 Å². The third kappa shape index (κ3) is 3.21. The maximum Gasteiger partial charge on any atom is 0.123 e. The Morgan fingerprint density at radius 1 is 1.11 bits per heavy atom. The van der Waals surface area contributed by atoms with Gasteiger partial charge in [0.2, 0.25) is 0 Å². The molecule has 2 aromatic carbocycles. The van der Waals surface area contributed by atoms with Crippen molar-refractivity contribution in [2.75, 3.05) is 5.33 Å². The van der Waals surface area contributed by atoms with Crippen LogP contribution in [0.4, 0.5) is 4.39 Å². The van der Waals surface area contributed by atoms with Gasteiger partial charge >= 0.3 is 0 Å². The van der Waals surface area contributed by atoms with E-state index in [-0.39, 0.29) is 5.82 Å². The smallest absolute Gasteiger partial charge is 0.123 e. The van der Waals surface area contributed by atoms with Crippen LogP contribution < -0.4 is 0 Å². The molecule has 2 rings (SSSR count). The summed E-state index contributed by atoms with van der Waals surface area (Å²) in [6.07, 6.45) is 2.00. The van der Waals surface area contributed by atoms with Crippen LogP contribution >= 0.6 is 27.5 Å². The van der Waals surface area contributed by atoms with Crippen LogP contribution in [0, 0.1) is 5.82 Å². The van der Waals surface area contributed by atoms with Gasteiger partial charge in [0, 0.05) is 10.4 Å². The zero-order chi connectivity index (χ0) is 13.0. The third-order valence-corrected chi connectivity index (χ3v) is 3.54. The summed E-state index contributed by atoms with van der Waals surface area (Å²) in [7, 11) is 0. The van der Waals surface area contributed by atoms with E-state index in [0.717, 1.165) is 16.7 Å². The average Bonchev–Trinajstić information content (AvgIpc) is 2.39. The fourth-order valence-electron chi connectivity index (χ4n) is 1.64. The van der Waals surface area contributed by atoms with Crippen LogP contribution in [0.15, 0.2) is 48.5 Å². The van der Waals surface area contributed by atoms with Crippen molar-refractivity contribution in [3.8, 4) is 0 Å². The number of hydrogen-bond donors (Lipinski definition) is 0. The first-order chi connectivity index (χ1) is 8.70. The summed E-state index contributed by atoms with van der Waals surface area (Å²) < 4.78 is 12.9. The fourth-order valence-corrected chi connectivity index (χ4v) is 2.32. The summed E-state index contributed by atoms with van der Waals surface area (Å²) in [6.45, 7) is 0. The maximum atomic E-state index is 12.9. The third-order valence-electron chi connectivity index (χ3n) is 2.59. The minimum absolute atomic E-state index is 0.231. The Morgan fingerprint density at radius 3 is 2.39 bits per heavy atom. The fraction of sp³-hybridized carbons (Fsp3) is 0.0667. The van der Waals surface area contributed by atoms with Gasteiger partial charge in [0.25, 0.3) is 0 Å². The first-order valence-electron chi connectivity index (χ1n) is 5.47. The molecule has 0 spiro atoms. The van der Waals surface area contributed by atoms with Crippen molar-refractivity contribution in [3.05, 3.63) is 70.5 Å². The largest absolute Gasteiger partial charge is 0.207 e. The molecule has 0 fully saturated rings. The molecule has 0 radical (unpaired) electrons. The molecule has 0 nitrogen and oxygen atoms in total. The highest BCUT2D eigenvalue weighted by atomic mass is 79.9. The summed E-state index contributed by atoms with van der Waals surface area (Å²) >= 11 is 9.57. The van der Waals surface area contributed by atoms with Crippen LogP contribution in [0.2, 0.25) is 5.02 Å². The van der Waals surface area contributed by atoms with Crippen LogP contribution in [-0.4, -0.2) is 5.33 Å². The topological polar surface area (TPSA) is 0 Å². The van der Waals surface area contributed by atoms with E-state index < -0.39 is 0 Å². The predicted molar refractivity (Wildman–Crippen MR) is 79.5 cm³/mol. The molecule has 0 aliphatic carbocycles. The molecular weight excluding hydrogens is 315 g/mol. The van der Waals surface area contributed by atoms with Gasteiger partial charge < -0.3 is 0 Å². The van der Waals surface area contributed by atoms with Gasteiger partial charge in [-0.15, -0.1) is 0 Å². The lowest BCUT2D eigenvalue weighted by Crippen LogP contribution is -1.87. The van der Waals surface area contributed by atoms with E-state index >= 15 is 0 Å². The minimum atomic E-state index is -0.231. The molecule has 0 N–H and O–H groups in total. The Hall–Kier alpha value is -1.12. The molecule has 0 aliphatic heterocycles. The molecule has 0 saturated heterocycles. The number of benzene rings is 2. The first-order valence-corrected chi connectivity index (χ1v) is 6.97. The lowest BCUT2D eigenvalue weighted by Gasteiger charge is -2.05. The Morgan fingerprint density at radius 2 is 1.78 bits per heavy atom. The lowest BCUT2D eigenvalue weighted by molar-refractivity contribution is 0.627. The molecule has 0 amide bonds. The highest BCUT2D eigenvalue weighted by Crippen LogP contribution is 2.24. The molecule has 3 heteroatoms. The van der Waals surface area contributed by atoms with Crippen molar-refractivity contribution in [3.63, 3.8) is 0 Å². The van der Waals surface area contributed by atoms with Crippen molar-refractivity contribution >= 4 is 39.2 Å². The summed E-state index contributed by atoms with van der Waals surface area (Å²) in [4.78, 5) is 0. The average molecular weight is 326 g/mol. The number of rotatable bonds is 3. The van der Waals surface area contributed by atoms with Crippen molar-refractivity contribution in [1.29, 1.82) is 0 Å². The van der Waals surface area contributed by atoms with Crippen LogP contribution in [0.1, 0.15) is 11.1 Å². The number of allylic oxidation sites excluding steroid dienone is 1. The molecule has 2 aromatic rings. The second kappa shape index (κ2) is 6.17. The maximum absolute atomic E-state index is 12.9. The number of halogens is 3. The van der Waals surface area contributed by atoms with Gasteiger partial charge in [-0.2, -0.15) is 0 Å². The summed E-state index contributed by atoms with van der Waals surface area (Å²) in [5.74, 6) is -0.231. The zero-order valence-electron chi connectivity index (χ0n) is 9.54. The molecule has 0 aliphatic rings. The summed E-state index contributed by atoms with van der Waals surface area (Å²) in [5.41, 5.74) is 2.99. The highest BCUT2D eigenvalue weighted by molar-refractivity contribution is 9.09. The van der Waals surface area contributed by atoms with Crippen molar-refractivity contribution < 1.29 is 4.39 Å². The molecule has 0 saturated carbocycles. The monoisotopic (exact) mass is 324 g/mol. The van der Waals surface area contributed by atoms with Crippen LogP contribution in [0.3, 0.4) is 0 Å². The Balaban J connectivity index is 2.40. The van der Waals surface area contributed by atoms with Gasteiger partial charge in [-0.25, -0.2) is 4.39 Å². The van der Waals surface area contributed by atoms with E-state index in [1.165, 1.54) is 12.1 Å². The van der Waals surface area contributed by atoms with Crippen LogP contribution in [0.25, 0.3) is 11.6 Å². The molecule has 18 heavy (non-hydrogen) atoms. The Labute approximate surface area is 119 Å². The van der Waals surface area contributed by atoms with Gasteiger partial charge in [-0.3, -0.25) is 0 Å². The normalized spacial score (nSPS) is 11.6. The van der Waals surface area contributed by atoms with Crippen LogP contribution in [-0.2, 0) is 0 Å². The highest BCUT2D eigenvalue weighted by Gasteiger charge is 2.03. The van der Waals surface area contributed by atoms with Gasteiger partial charge in [-0.1, -0.05) is 57.9 Å². The van der Waals surface area contributed by atoms with Crippen molar-refractivity contribution in [1.82, 2.24) is 0 Å². The van der Waals surface area contributed by atoms with Gasteiger partial charge in [-0.05, 0) is 41.0 Å². The summed E-state index contributed by atoms with van der Waals surface area (Å²) in [6, 6.07) is 14.1. The second-order valence-electron chi connectivity index (χ2n) is 3.83. The predicted octanol–water partition coefficient (Wildman–Crippen LogP) is 5.41. The first kappa shape index (κ1) is 13.3. The van der Waals surface area contributed by atoms with Crippen molar-refractivity contribution in [2.45, 2.75) is 0 Å². The van der Waals surface area contributed by atoms with E-state index in [0.29, 0.717) is 10.4 Å². The molecule has 92 valence electrons. The minimum Gasteiger partial charge on any atom is -0.207 e. The Kier molecular flexibility index (Phi) is 4.56. The van der Waals surface area contributed by atoms with Gasteiger partial charge in [0.1, 0.15) is 5.82 Å². The molecule has 0 unspecified atom stereocenters. The summed E-state index contributed by atoms with van der Waals surface area (Å²) in [5, 5.41) is 1.39. The number of hydrogen-bond acceptors (Lipinski definition) is 0. The van der Waals surface area contributed by atoms with E-state index in [1.807, 2.05) is 30.3 Å². The molecular formula is C15H11BrClF. The van der Waals surface area contributed by atoms with Gasteiger partial charge in [0.05, 0.1) is 0 Å². The Bertz CT molecular complexity index is 561. The standard InChI is InChI=1S/C15H11BrClF/c16-10-13(11-5-7-14(18)8-6-11)9-12-3-1-2-4-15(12)17/h1-9H,10H2. The molecule has 0 bridgehead atoms. The van der Waals surface area contributed by atoms with E-state index in [4.69, 9.17) is 11.6 Å². The van der Waals surface area contributed by atoms with E-state index in [1.54, 1.807) is 12.1 Å². The SMILES string of the molecule is Fc1ccc(C(=Cc2ccccc2Cl)CBr)cc1. The zero-order valence-corrected chi connectivity index (χ0v) is 11.9. The quantitative estimate of drug-likeness (QED) is 0.522. The van der Waals surface area contributed by atoms with E-state index in [2.05, 4.69) is 15.9 Å². The van der Waals surface area contributed by atoms with Crippen LogP contribution in [0.5, 0.6) is 0 Å². The second-order valence-corrected chi connectivity index (χ2v) is 4.80. The molecule has 0 heterocycles. The molecule has 0 aromatic heterocycles. The number of alkyl halides is 1. The van der Waals surface area contributed by atoms with E-state index in [9.17, 15) is 4.39 Å². The van der Waals surface area contributed by atoms with Crippen molar-refractivity contribution in [2.24, 2.45) is 0 Å². The lowest BCUT2D eigenvalue weighted by atomic mass is 10.0.